The number of fused-ring (bicyclic) bond motifs is 2. The summed E-state index contributed by atoms with van der Waals surface area (Å²) in [6.07, 6.45) is 4.61. The molecule has 0 radical (unpaired) electrons. The molecule has 2 fully saturated rings. The van der Waals surface area contributed by atoms with Crippen LogP contribution in [0, 0.1) is 0 Å². The van der Waals surface area contributed by atoms with E-state index in [2.05, 4.69) is 41.4 Å². The molecule has 1 aromatic carbocycles. The van der Waals surface area contributed by atoms with E-state index in [1.54, 1.807) is 0 Å². The Balaban J connectivity index is 1.61. The van der Waals surface area contributed by atoms with Gasteiger partial charge in [0, 0.05) is 19.6 Å². The summed E-state index contributed by atoms with van der Waals surface area (Å²) in [7, 11) is 0. The monoisotopic (exact) mass is 274 g/mol. The van der Waals surface area contributed by atoms with Crippen molar-refractivity contribution in [1.29, 1.82) is 0 Å². The first-order valence-corrected chi connectivity index (χ1v) is 8.00. The second-order valence-electron chi connectivity index (χ2n) is 6.02. The molecule has 0 aliphatic carbocycles. The fourth-order valence-electron chi connectivity index (χ4n) is 3.42. The minimum absolute atomic E-state index is 0.489. The third-order valence-electron chi connectivity index (χ3n) is 4.45. The van der Waals surface area contributed by atoms with Gasteiger partial charge in [0.25, 0.3) is 0 Å². The Morgan fingerprint density at radius 1 is 1.15 bits per heavy atom. The van der Waals surface area contributed by atoms with Gasteiger partial charge in [-0.3, -0.25) is 4.90 Å². The molecule has 3 heteroatoms. The number of benzene rings is 1. The molecular formula is C17H26N2O. The lowest BCUT2D eigenvalue weighted by molar-refractivity contribution is -0.0411. The van der Waals surface area contributed by atoms with Gasteiger partial charge in [-0.05, 0) is 43.5 Å². The Bertz CT molecular complexity index is 423. The molecule has 0 amide bonds. The molecule has 0 aromatic heterocycles. The minimum atomic E-state index is 0.489. The number of likely N-dealkylation sites (tertiary alicyclic amines) is 1. The lowest BCUT2D eigenvalue weighted by atomic mass is 10.0. The topological polar surface area (TPSA) is 24.5 Å². The average Bonchev–Trinajstić information content (AvgIpc) is 2.80. The van der Waals surface area contributed by atoms with E-state index in [4.69, 9.17) is 4.74 Å². The summed E-state index contributed by atoms with van der Waals surface area (Å²) < 4.78 is 5.92. The number of hydrogen-bond donors (Lipinski definition) is 1. The Morgan fingerprint density at radius 3 is 2.55 bits per heavy atom. The van der Waals surface area contributed by atoms with Crippen molar-refractivity contribution in [2.75, 3.05) is 26.2 Å². The summed E-state index contributed by atoms with van der Waals surface area (Å²) in [5, 5.41) is 3.42. The zero-order valence-corrected chi connectivity index (χ0v) is 12.5. The standard InChI is InChI=1S/C17H26N2O/c1-2-18-10-9-14-5-3-4-6-15(14)11-19-12-16-7-8-17(13-19)20-16/h3-6,16-18H,2,7-13H2,1H3. The van der Waals surface area contributed by atoms with Crippen LogP contribution in [0.4, 0.5) is 0 Å². The smallest absolute Gasteiger partial charge is 0.0707 e. The van der Waals surface area contributed by atoms with Crippen molar-refractivity contribution in [2.24, 2.45) is 0 Å². The van der Waals surface area contributed by atoms with E-state index in [1.807, 2.05) is 0 Å². The maximum atomic E-state index is 5.92. The molecule has 2 saturated heterocycles. The molecule has 0 saturated carbocycles. The van der Waals surface area contributed by atoms with E-state index in [0.717, 1.165) is 39.1 Å². The van der Waals surface area contributed by atoms with Crippen molar-refractivity contribution in [3.8, 4) is 0 Å². The van der Waals surface area contributed by atoms with Crippen molar-refractivity contribution < 1.29 is 4.74 Å². The zero-order valence-electron chi connectivity index (χ0n) is 12.5. The van der Waals surface area contributed by atoms with Crippen LogP contribution < -0.4 is 5.32 Å². The van der Waals surface area contributed by atoms with Crippen molar-refractivity contribution >= 4 is 0 Å². The molecule has 2 atom stereocenters. The summed E-state index contributed by atoms with van der Waals surface area (Å²) in [5.74, 6) is 0. The molecular weight excluding hydrogens is 248 g/mol. The molecule has 2 unspecified atom stereocenters. The summed E-state index contributed by atoms with van der Waals surface area (Å²) in [6.45, 7) is 7.58. The molecule has 110 valence electrons. The second kappa shape index (κ2) is 6.70. The Kier molecular flexibility index (Phi) is 4.71. The van der Waals surface area contributed by atoms with E-state index in [0.29, 0.717) is 12.2 Å². The zero-order chi connectivity index (χ0) is 13.8. The maximum absolute atomic E-state index is 5.92. The molecule has 3 nitrogen and oxygen atoms in total. The van der Waals surface area contributed by atoms with Gasteiger partial charge in [0.05, 0.1) is 12.2 Å². The summed E-state index contributed by atoms with van der Waals surface area (Å²) >= 11 is 0. The van der Waals surface area contributed by atoms with E-state index in [1.165, 1.54) is 24.0 Å². The Labute approximate surface area is 122 Å². The van der Waals surface area contributed by atoms with Crippen LogP contribution in [-0.4, -0.2) is 43.3 Å². The van der Waals surface area contributed by atoms with E-state index >= 15 is 0 Å². The van der Waals surface area contributed by atoms with Gasteiger partial charge in [-0.15, -0.1) is 0 Å². The van der Waals surface area contributed by atoms with Crippen molar-refractivity contribution in [1.82, 2.24) is 10.2 Å². The lowest BCUT2D eigenvalue weighted by Crippen LogP contribution is -2.42. The van der Waals surface area contributed by atoms with Crippen LogP contribution in [0.15, 0.2) is 24.3 Å². The molecule has 2 aliphatic heterocycles. The predicted molar refractivity (Wildman–Crippen MR) is 81.9 cm³/mol. The number of hydrogen-bond acceptors (Lipinski definition) is 3. The Hall–Kier alpha value is -0.900. The van der Waals surface area contributed by atoms with Crippen LogP contribution in [0.1, 0.15) is 30.9 Å². The number of nitrogens with one attached hydrogen (secondary N) is 1. The van der Waals surface area contributed by atoms with Crippen LogP contribution in [0.2, 0.25) is 0 Å². The highest BCUT2D eigenvalue weighted by Gasteiger charge is 2.33. The van der Waals surface area contributed by atoms with Crippen LogP contribution in [0.25, 0.3) is 0 Å². The number of rotatable bonds is 6. The molecule has 2 heterocycles. The fourth-order valence-corrected chi connectivity index (χ4v) is 3.42. The van der Waals surface area contributed by atoms with Crippen LogP contribution in [-0.2, 0) is 17.7 Å². The SMILES string of the molecule is CCNCCc1ccccc1CN1CC2CCC(C1)O2. The molecule has 2 aliphatic rings. The summed E-state index contributed by atoms with van der Waals surface area (Å²) in [4.78, 5) is 2.58. The van der Waals surface area contributed by atoms with Gasteiger partial charge in [-0.1, -0.05) is 31.2 Å². The van der Waals surface area contributed by atoms with E-state index in [9.17, 15) is 0 Å². The van der Waals surface area contributed by atoms with Gasteiger partial charge in [0.1, 0.15) is 0 Å². The quantitative estimate of drug-likeness (QED) is 0.805. The fraction of sp³-hybridized carbons (Fsp3) is 0.647. The van der Waals surface area contributed by atoms with Crippen LogP contribution >= 0.6 is 0 Å². The molecule has 2 bridgehead atoms. The van der Waals surface area contributed by atoms with Gasteiger partial charge in [0.15, 0.2) is 0 Å². The van der Waals surface area contributed by atoms with Crippen molar-refractivity contribution in [2.45, 2.75) is 44.9 Å². The van der Waals surface area contributed by atoms with Crippen molar-refractivity contribution in [3.63, 3.8) is 0 Å². The first-order valence-electron chi connectivity index (χ1n) is 8.00. The van der Waals surface area contributed by atoms with Crippen molar-refractivity contribution in [3.05, 3.63) is 35.4 Å². The number of morpholine rings is 1. The van der Waals surface area contributed by atoms with Gasteiger partial charge in [0.2, 0.25) is 0 Å². The average molecular weight is 274 g/mol. The highest BCUT2D eigenvalue weighted by Crippen LogP contribution is 2.27. The number of nitrogens with zero attached hydrogens (tertiary/aromatic N) is 1. The first-order chi connectivity index (χ1) is 9.85. The molecule has 0 spiro atoms. The Morgan fingerprint density at radius 2 is 1.85 bits per heavy atom. The normalized spacial score (nSPS) is 26.1. The molecule has 20 heavy (non-hydrogen) atoms. The number of ether oxygens (including phenoxy) is 1. The minimum Gasteiger partial charge on any atom is -0.372 e. The summed E-state index contributed by atoms with van der Waals surface area (Å²) in [6, 6.07) is 8.90. The third-order valence-corrected chi connectivity index (χ3v) is 4.45. The number of likely N-dealkylation sites (N-methyl/N-ethyl adjacent to an activating group) is 1. The second-order valence-corrected chi connectivity index (χ2v) is 6.02. The maximum Gasteiger partial charge on any atom is 0.0707 e. The van der Waals surface area contributed by atoms with Gasteiger partial charge >= 0.3 is 0 Å². The molecule has 1 N–H and O–H groups in total. The lowest BCUT2D eigenvalue weighted by Gasteiger charge is -2.32. The van der Waals surface area contributed by atoms with Gasteiger partial charge in [-0.2, -0.15) is 0 Å². The van der Waals surface area contributed by atoms with E-state index in [-0.39, 0.29) is 0 Å². The largest absolute Gasteiger partial charge is 0.372 e. The van der Waals surface area contributed by atoms with Crippen LogP contribution in [0.3, 0.4) is 0 Å². The molecule has 1 aromatic rings. The van der Waals surface area contributed by atoms with Gasteiger partial charge < -0.3 is 10.1 Å². The summed E-state index contributed by atoms with van der Waals surface area (Å²) in [5.41, 5.74) is 2.99. The first kappa shape index (κ1) is 14.1. The third kappa shape index (κ3) is 3.40. The van der Waals surface area contributed by atoms with Gasteiger partial charge in [-0.25, -0.2) is 0 Å². The molecule has 3 rings (SSSR count). The highest BCUT2D eigenvalue weighted by molar-refractivity contribution is 5.27. The van der Waals surface area contributed by atoms with Crippen LogP contribution in [0.5, 0.6) is 0 Å². The predicted octanol–water partition coefficient (Wildman–Crippen LogP) is 2.20. The van der Waals surface area contributed by atoms with E-state index < -0.39 is 0 Å². The highest BCUT2D eigenvalue weighted by atomic mass is 16.5.